The lowest BCUT2D eigenvalue weighted by molar-refractivity contribution is -0.135. The van der Waals surface area contributed by atoms with E-state index in [1.807, 2.05) is 78.2 Å². The summed E-state index contributed by atoms with van der Waals surface area (Å²) < 4.78 is 0. The predicted molar refractivity (Wildman–Crippen MR) is 111 cm³/mol. The third kappa shape index (κ3) is 4.60. The van der Waals surface area contributed by atoms with Gasteiger partial charge < -0.3 is 15.5 Å². The first-order valence-corrected chi connectivity index (χ1v) is 9.92. The zero-order valence-electron chi connectivity index (χ0n) is 16.7. The number of hydrogen-bond acceptors (Lipinski definition) is 3. The highest BCUT2D eigenvalue weighted by Gasteiger charge is 2.29. The van der Waals surface area contributed by atoms with Crippen molar-refractivity contribution in [1.29, 1.82) is 0 Å². The number of carbonyl (C=O) groups excluding carboxylic acids is 2. The van der Waals surface area contributed by atoms with Crippen molar-refractivity contribution in [1.82, 2.24) is 9.80 Å². The largest absolute Gasteiger partial charge is 0.341 e. The molecule has 2 N–H and O–H groups in total. The van der Waals surface area contributed by atoms with E-state index in [0.29, 0.717) is 31.7 Å². The van der Waals surface area contributed by atoms with Crippen molar-refractivity contribution in [3.63, 3.8) is 0 Å². The molecular weight excluding hydrogens is 350 g/mol. The van der Waals surface area contributed by atoms with E-state index >= 15 is 0 Å². The van der Waals surface area contributed by atoms with Crippen LogP contribution in [0.25, 0.3) is 0 Å². The van der Waals surface area contributed by atoms with Crippen molar-refractivity contribution < 1.29 is 9.59 Å². The van der Waals surface area contributed by atoms with Crippen LogP contribution in [0, 0.1) is 12.8 Å². The standard InChI is InChI=1S/C23H29N3O2/c1-17-8-6-11-20(16-17)23(28)26-13-7-12-25(14-15-26)22(27)18(2)21(24)19-9-4-3-5-10-19/h3-6,8-11,16,18,21H,7,12-15,24H2,1-2H3. The van der Waals surface area contributed by atoms with Crippen LogP contribution < -0.4 is 5.73 Å². The van der Waals surface area contributed by atoms with Gasteiger partial charge in [-0.05, 0) is 31.0 Å². The molecule has 5 heteroatoms. The van der Waals surface area contributed by atoms with Crippen LogP contribution >= 0.6 is 0 Å². The Morgan fingerprint density at radius 1 is 0.929 bits per heavy atom. The Kier molecular flexibility index (Phi) is 6.47. The molecule has 1 aliphatic rings. The van der Waals surface area contributed by atoms with E-state index in [1.54, 1.807) is 0 Å². The van der Waals surface area contributed by atoms with Crippen LogP contribution in [0.5, 0.6) is 0 Å². The van der Waals surface area contributed by atoms with Crippen molar-refractivity contribution in [2.75, 3.05) is 26.2 Å². The summed E-state index contributed by atoms with van der Waals surface area (Å²) in [4.78, 5) is 29.5. The van der Waals surface area contributed by atoms with Gasteiger partial charge >= 0.3 is 0 Å². The van der Waals surface area contributed by atoms with E-state index in [9.17, 15) is 9.59 Å². The minimum Gasteiger partial charge on any atom is -0.341 e. The first-order chi connectivity index (χ1) is 13.5. The summed E-state index contributed by atoms with van der Waals surface area (Å²) in [6, 6.07) is 17.1. The van der Waals surface area contributed by atoms with Crippen molar-refractivity contribution in [2.24, 2.45) is 11.7 Å². The van der Waals surface area contributed by atoms with Gasteiger partial charge in [-0.25, -0.2) is 0 Å². The molecular formula is C23H29N3O2. The maximum Gasteiger partial charge on any atom is 0.253 e. The van der Waals surface area contributed by atoms with Crippen LogP contribution in [-0.4, -0.2) is 47.8 Å². The number of aryl methyl sites for hydroxylation is 1. The molecule has 0 saturated carbocycles. The summed E-state index contributed by atoms with van der Waals surface area (Å²) >= 11 is 0. The molecule has 0 bridgehead atoms. The first kappa shape index (κ1) is 20.1. The number of carbonyl (C=O) groups is 2. The minimum atomic E-state index is -0.331. The zero-order chi connectivity index (χ0) is 20.1. The number of benzene rings is 2. The summed E-state index contributed by atoms with van der Waals surface area (Å²) in [5.74, 6) is -0.213. The Hall–Kier alpha value is -2.66. The van der Waals surface area contributed by atoms with Gasteiger partial charge in [0.25, 0.3) is 5.91 Å². The molecule has 28 heavy (non-hydrogen) atoms. The first-order valence-electron chi connectivity index (χ1n) is 9.92. The average Bonchev–Trinajstić information content (AvgIpc) is 2.98. The molecule has 0 aliphatic carbocycles. The molecule has 0 radical (unpaired) electrons. The number of amides is 2. The molecule has 2 amide bonds. The van der Waals surface area contributed by atoms with Gasteiger partial charge in [-0.3, -0.25) is 9.59 Å². The molecule has 0 spiro atoms. The van der Waals surface area contributed by atoms with Gasteiger partial charge in [-0.2, -0.15) is 0 Å². The smallest absolute Gasteiger partial charge is 0.253 e. The van der Waals surface area contributed by atoms with Gasteiger partial charge in [0.1, 0.15) is 0 Å². The number of hydrogen-bond donors (Lipinski definition) is 1. The normalized spacial score (nSPS) is 17.0. The van der Waals surface area contributed by atoms with E-state index in [-0.39, 0.29) is 23.8 Å². The van der Waals surface area contributed by atoms with Gasteiger partial charge in [0.05, 0.1) is 5.92 Å². The topological polar surface area (TPSA) is 66.6 Å². The van der Waals surface area contributed by atoms with E-state index in [4.69, 9.17) is 5.73 Å². The van der Waals surface area contributed by atoms with E-state index in [1.165, 1.54) is 0 Å². The van der Waals surface area contributed by atoms with Crippen LogP contribution in [0.1, 0.15) is 40.9 Å². The van der Waals surface area contributed by atoms with Crippen molar-refractivity contribution in [2.45, 2.75) is 26.3 Å². The summed E-state index contributed by atoms with van der Waals surface area (Å²) in [5.41, 5.74) is 9.08. The Bertz CT molecular complexity index is 822. The number of nitrogens with two attached hydrogens (primary N) is 1. The third-order valence-electron chi connectivity index (χ3n) is 5.47. The fourth-order valence-corrected chi connectivity index (χ4v) is 3.71. The van der Waals surface area contributed by atoms with Gasteiger partial charge in [0, 0.05) is 37.8 Å². The summed E-state index contributed by atoms with van der Waals surface area (Å²) in [5, 5.41) is 0. The lowest BCUT2D eigenvalue weighted by Gasteiger charge is -2.27. The van der Waals surface area contributed by atoms with Gasteiger partial charge in [0.15, 0.2) is 0 Å². The van der Waals surface area contributed by atoms with Crippen molar-refractivity contribution >= 4 is 11.8 Å². The highest BCUT2D eigenvalue weighted by molar-refractivity contribution is 5.94. The van der Waals surface area contributed by atoms with Gasteiger partial charge in [-0.1, -0.05) is 55.0 Å². The number of rotatable bonds is 4. The third-order valence-corrected chi connectivity index (χ3v) is 5.47. The quantitative estimate of drug-likeness (QED) is 0.888. The van der Waals surface area contributed by atoms with Crippen molar-refractivity contribution in [3.8, 4) is 0 Å². The molecule has 1 heterocycles. The Morgan fingerprint density at radius 3 is 2.32 bits per heavy atom. The summed E-state index contributed by atoms with van der Waals surface area (Å²) in [7, 11) is 0. The molecule has 0 aromatic heterocycles. The van der Waals surface area contributed by atoms with Crippen LogP contribution in [0.4, 0.5) is 0 Å². The SMILES string of the molecule is Cc1cccc(C(=O)N2CCCN(C(=O)C(C)C(N)c3ccccc3)CC2)c1. The highest BCUT2D eigenvalue weighted by Crippen LogP contribution is 2.22. The molecule has 5 nitrogen and oxygen atoms in total. The highest BCUT2D eigenvalue weighted by atomic mass is 16.2. The Morgan fingerprint density at radius 2 is 1.61 bits per heavy atom. The van der Waals surface area contributed by atoms with Gasteiger partial charge in [-0.15, -0.1) is 0 Å². The molecule has 3 rings (SSSR count). The van der Waals surface area contributed by atoms with Crippen LogP contribution in [0.3, 0.4) is 0 Å². The van der Waals surface area contributed by atoms with E-state index in [2.05, 4.69) is 0 Å². The van der Waals surface area contributed by atoms with E-state index < -0.39 is 0 Å². The lowest BCUT2D eigenvalue weighted by atomic mass is 9.94. The molecule has 2 atom stereocenters. The van der Waals surface area contributed by atoms with Crippen LogP contribution in [-0.2, 0) is 4.79 Å². The lowest BCUT2D eigenvalue weighted by Crippen LogP contribution is -2.42. The Balaban J connectivity index is 1.63. The maximum absolute atomic E-state index is 13.0. The molecule has 2 unspecified atom stereocenters. The monoisotopic (exact) mass is 379 g/mol. The summed E-state index contributed by atoms with van der Waals surface area (Å²) in [6.07, 6.45) is 0.774. The zero-order valence-corrected chi connectivity index (χ0v) is 16.7. The van der Waals surface area contributed by atoms with Crippen LogP contribution in [0.15, 0.2) is 54.6 Å². The number of nitrogens with zero attached hydrogens (tertiary/aromatic N) is 2. The van der Waals surface area contributed by atoms with E-state index in [0.717, 1.165) is 17.5 Å². The second-order valence-corrected chi connectivity index (χ2v) is 7.57. The van der Waals surface area contributed by atoms with Gasteiger partial charge in [0.2, 0.25) is 5.91 Å². The summed E-state index contributed by atoms with van der Waals surface area (Å²) in [6.45, 7) is 6.28. The average molecular weight is 380 g/mol. The molecule has 2 aromatic carbocycles. The van der Waals surface area contributed by atoms with Crippen LogP contribution in [0.2, 0.25) is 0 Å². The molecule has 1 aliphatic heterocycles. The molecule has 1 fully saturated rings. The molecule has 2 aromatic rings. The predicted octanol–water partition coefficient (Wildman–Crippen LogP) is 3.01. The second kappa shape index (κ2) is 9.02. The Labute approximate surface area is 167 Å². The molecule has 148 valence electrons. The minimum absolute atomic E-state index is 0.0343. The second-order valence-electron chi connectivity index (χ2n) is 7.57. The fourth-order valence-electron chi connectivity index (χ4n) is 3.71. The van der Waals surface area contributed by atoms with Crippen molar-refractivity contribution in [3.05, 3.63) is 71.3 Å². The maximum atomic E-state index is 13.0. The fraction of sp³-hybridized carbons (Fsp3) is 0.391. The molecule has 1 saturated heterocycles.